The highest BCUT2D eigenvalue weighted by Gasteiger charge is 2.14. The van der Waals surface area contributed by atoms with Crippen molar-refractivity contribution in [3.8, 4) is 11.5 Å². The molecule has 140 valence electrons. The molecule has 27 heavy (non-hydrogen) atoms. The molecule has 9 heteroatoms. The third kappa shape index (κ3) is 4.78. The van der Waals surface area contributed by atoms with E-state index in [1.165, 1.54) is 31.6 Å². The Balaban J connectivity index is 1.67. The summed E-state index contributed by atoms with van der Waals surface area (Å²) in [5.74, 6) is -0.492. The lowest BCUT2D eigenvalue weighted by Gasteiger charge is -2.12. The van der Waals surface area contributed by atoms with Crippen molar-refractivity contribution in [1.29, 1.82) is 0 Å². The molecule has 0 radical (unpaired) electrons. The maximum Gasteiger partial charge on any atom is 0.387 e. The monoisotopic (exact) mass is 374 g/mol. The van der Waals surface area contributed by atoms with Gasteiger partial charge in [-0.1, -0.05) is 12.1 Å². The maximum atomic E-state index is 12.4. The first kappa shape index (κ1) is 18.3. The predicted molar refractivity (Wildman–Crippen MR) is 93.1 cm³/mol. The summed E-state index contributed by atoms with van der Waals surface area (Å²) in [6.45, 7) is -2.41. The fourth-order valence-electron chi connectivity index (χ4n) is 2.40. The first-order valence-electron chi connectivity index (χ1n) is 7.90. The molecule has 0 bridgehead atoms. The van der Waals surface area contributed by atoms with Gasteiger partial charge in [0.05, 0.1) is 13.7 Å². The van der Waals surface area contributed by atoms with Gasteiger partial charge in [0.15, 0.2) is 11.5 Å². The van der Waals surface area contributed by atoms with Crippen LogP contribution < -0.4 is 14.8 Å². The first-order chi connectivity index (χ1) is 13.0. The smallest absolute Gasteiger partial charge is 0.387 e. The normalized spacial score (nSPS) is 10.7. The van der Waals surface area contributed by atoms with Crippen molar-refractivity contribution in [2.45, 2.75) is 13.2 Å². The molecular weight excluding hydrogens is 358 g/mol. The molecular formula is C18H16F2N4O3. The van der Waals surface area contributed by atoms with Gasteiger partial charge in [0.1, 0.15) is 12.7 Å². The second kappa shape index (κ2) is 8.26. The number of alkyl halides is 2. The van der Waals surface area contributed by atoms with Crippen LogP contribution in [0.5, 0.6) is 11.5 Å². The molecule has 0 unspecified atom stereocenters. The van der Waals surface area contributed by atoms with Gasteiger partial charge in [0.2, 0.25) is 0 Å². The van der Waals surface area contributed by atoms with Crippen LogP contribution in [-0.2, 0) is 6.54 Å². The van der Waals surface area contributed by atoms with Crippen LogP contribution in [0, 0.1) is 0 Å². The number of nitrogens with one attached hydrogen (secondary N) is 1. The molecule has 7 nitrogen and oxygen atoms in total. The molecule has 0 saturated heterocycles. The van der Waals surface area contributed by atoms with E-state index in [4.69, 9.17) is 4.74 Å². The van der Waals surface area contributed by atoms with Crippen molar-refractivity contribution in [2.24, 2.45) is 0 Å². The van der Waals surface area contributed by atoms with Crippen LogP contribution in [-0.4, -0.2) is 34.4 Å². The fourth-order valence-corrected chi connectivity index (χ4v) is 2.40. The molecule has 3 aromatic rings. The molecule has 0 aliphatic rings. The van der Waals surface area contributed by atoms with Gasteiger partial charge in [-0.25, -0.2) is 9.67 Å². The lowest BCUT2D eigenvalue weighted by molar-refractivity contribution is -0.0512. The molecule has 1 heterocycles. The van der Waals surface area contributed by atoms with Crippen LogP contribution >= 0.6 is 0 Å². The summed E-state index contributed by atoms with van der Waals surface area (Å²) in [5, 5.41) is 6.77. The summed E-state index contributed by atoms with van der Waals surface area (Å²) in [5.41, 5.74) is 1.84. The number of carbonyl (C=O) groups is 1. The van der Waals surface area contributed by atoms with Crippen molar-refractivity contribution < 1.29 is 23.0 Å². The number of benzene rings is 2. The molecule has 3 rings (SSSR count). The number of aromatic nitrogens is 3. The Labute approximate surface area is 153 Å². The Bertz CT molecular complexity index is 899. The number of amides is 1. The Morgan fingerprint density at radius 2 is 1.96 bits per heavy atom. The number of ether oxygens (including phenoxy) is 2. The van der Waals surface area contributed by atoms with E-state index >= 15 is 0 Å². The number of rotatable bonds is 7. The zero-order valence-electron chi connectivity index (χ0n) is 14.3. The summed E-state index contributed by atoms with van der Waals surface area (Å²) >= 11 is 0. The van der Waals surface area contributed by atoms with Crippen molar-refractivity contribution in [3.63, 3.8) is 0 Å². The van der Waals surface area contributed by atoms with Crippen LogP contribution in [0.25, 0.3) is 0 Å². The molecule has 1 aromatic heterocycles. The van der Waals surface area contributed by atoms with Crippen molar-refractivity contribution in [3.05, 3.63) is 66.2 Å². The predicted octanol–water partition coefficient (Wildman–Crippen LogP) is 3.19. The van der Waals surface area contributed by atoms with Gasteiger partial charge in [0.25, 0.3) is 5.91 Å². The number of hydrogen-bond donors (Lipinski definition) is 1. The van der Waals surface area contributed by atoms with E-state index in [1.807, 2.05) is 12.1 Å². The second-order valence-electron chi connectivity index (χ2n) is 5.49. The van der Waals surface area contributed by atoms with Crippen LogP contribution in [0.4, 0.5) is 14.5 Å². The van der Waals surface area contributed by atoms with Crippen molar-refractivity contribution in [2.75, 3.05) is 12.4 Å². The van der Waals surface area contributed by atoms with E-state index in [1.54, 1.807) is 23.1 Å². The van der Waals surface area contributed by atoms with Gasteiger partial charge in [-0.05, 0) is 35.9 Å². The average Bonchev–Trinajstić information content (AvgIpc) is 3.16. The number of anilines is 1. The minimum absolute atomic E-state index is 0.0473. The van der Waals surface area contributed by atoms with Gasteiger partial charge < -0.3 is 14.8 Å². The summed E-state index contributed by atoms with van der Waals surface area (Å²) in [6.07, 6.45) is 3.07. The largest absolute Gasteiger partial charge is 0.493 e. The topological polar surface area (TPSA) is 78.3 Å². The Morgan fingerprint density at radius 1 is 1.19 bits per heavy atom. The Hall–Kier alpha value is -3.49. The molecule has 0 aliphatic heterocycles. The zero-order chi connectivity index (χ0) is 19.2. The molecule has 2 aromatic carbocycles. The van der Waals surface area contributed by atoms with E-state index in [2.05, 4.69) is 20.1 Å². The second-order valence-corrected chi connectivity index (χ2v) is 5.49. The zero-order valence-corrected chi connectivity index (χ0v) is 14.3. The molecule has 0 atom stereocenters. The van der Waals surface area contributed by atoms with Gasteiger partial charge in [-0.2, -0.15) is 13.9 Å². The number of hydrogen-bond acceptors (Lipinski definition) is 5. The highest BCUT2D eigenvalue weighted by molar-refractivity contribution is 6.04. The SMILES string of the molecule is COc1cc(C(=O)Nc2ccc(Cn3cncn3)cc2)ccc1OC(F)F. The number of methoxy groups -OCH3 is 1. The van der Waals surface area contributed by atoms with Crippen LogP contribution in [0.1, 0.15) is 15.9 Å². The molecule has 0 saturated carbocycles. The van der Waals surface area contributed by atoms with Crippen molar-refractivity contribution in [1.82, 2.24) is 14.8 Å². The highest BCUT2D eigenvalue weighted by Crippen LogP contribution is 2.29. The van der Waals surface area contributed by atoms with E-state index in [0.29, 0.717) is 12.2 Å². The van der Waals surface area contributed by atoms with E-state index in [0.717, 1.165) is 5.56 Å². The maximum absolute atomic E-state index is 12.4. The van der Waals surface area contributed by atoms with Gasteiger partial charge in [0, 0.05) is 11.3 Å². The Morgan fingerprint density at radius 3 is 2.59 bits per heavy atom. The van der Waals surface area contributed by atoms with Crippen LogP contribution in [0.15, 0.2) is 55.1 Å². The summed E-state index contributed by atoms with van der Waals surface area (Å²) in [4.78, 5) is 16.3. The summed E-state index contributed by atoms with van der Waals surface area (Å²) < 4.78 is 35.8. The molecule has 0 fully saturated rings. The minimum atomic E-state index is -2.98. The quantitative estimate of drug-likeness (QED) is 0.687. The first-order valence-corrected chi connectivity index (χ1v) is 7.90. The standard InChI is InChI=1S/C18H16F2N4O3/c1-26-16-8-13(4-7-15(16)27-18(19)20)17(25)23-14-5-2-12(3-6-14)9-24-11-21-10-22-24/h2-8,10-11,18H,9H2,1H3,(H,23,25). The lowest BCUT2D eigenvalue weighted by atomic mass is 10.1. The third-order valence-corrected chi connectivity index (χ3v) is 3.66. The van der Waals surface area contributed by atoms with Crippen LogP contribution in [0.3, 0.4) is 0 Å². The molecule has 0 aliphatic carbocycles. The molecule has 0 spiro atoms. The lowest BCUT2D eigenvalue weighted by Crippen LogP contribution is -2.12. The molecule has 1 N–H and O–H groups in total. The average molecular weight is 374 g/mol. The number of carbonyl (C=O) groups excluding carboxylic acids is 1. The Kier molecular flexibility index (Phi) is 5.60. The van der Waals surface area contributed by atoms with Gasteiger partial charge >= 0.3 is 6.61 Å². The van der Waals surface area contributed by atoms with Crippen LogP contribution in [0.2, 0.25) is 0 Å². The summed E-state index contributed by atoms with van der Waals surface area (Å²) in [6, 6.07) is 11.2. The van der Waals surface area contributed by atoms with Gasteiger partial charge in [-0.15, -0.1) is 0 Å². The molecule has 1 amide bonds. The number of halogens is 2. The van der Waals surface area contributed by atoms with Crippen molar-refractivity contribution >= 4 is 11.6 Å². The highest BCUT2D eigenvalue weighted by atomic mass is 19.3. The van der Waals surface area contributed by atoms with E-state index in [9.17, 15) is 13.6 Å². The van der Waals surface area contributed by atoms with E-state index in [-0.39, 0.29) is 17.1 Å². The third-order valence-electron chi connectivity index (χ3n) is 3.66. The minimum Gasteiger partial charge on any atom is -0.493 e. The van der Waals surface area contributed by atoms with E-state index < -0.39 is 12.5 Å². The summed E-state index contributed by atoms with van der Waals surface area (Å²) in [7, 11) is 1.31. The van der Waals surface area contributed by atoms with Gasteiger partial charge in [-0.3, -0.25) is 4.79 Å². The number of nitrogens with zero attached hydrogens (tertiary/aromatic N) is 3. The fraction of sp³-hybridized carbons (Fsp3) is 0.167.